The third-order valence-electron chi connectivity index (χ3n) is 5.52. The number of carboxylic acid groups (broad SMARTS) is 1. The number of amides is 3. The first-order chi connectivity index (χ1) is 15.5. The van der Waals surface area contributed by atoms with Crippen molar-refractivity contribution in [2.45, 2.75) is 18.5 Å². The predicted molar refractivity (Wildman–Crippen MR) is 117 cm³/mol. The van der Waals surface area contributed by atoms with Crippen molar-refractivity contribution in [2.75, 3.05) is 5.73 Å². The summed E-state index contributed by atoms with van der Waals surface area (Å²) in [6, 6.07) is 19.3. The van der Waals surface area contributed by atoms with Gasteiger partial charge in [-0.2, -0.15) is 0 Å². The fourth-order valence-electron chi connectivity index (χ4n) is 3.97. The summed E-state index contributed by atoms with van der Waals surface area (Å²) in [4.78, 5) is 42.5. The Labute approximate surface area is 184 Å². The van der Waals surface area contributed by atoms with Crippen LogP contribution in [0.2, 0.25) is 0 Å². The van der Waals surface area contributed by atoms with Crippen molar-refractivity contribution < 1.29 is 19.5 Å². The molecule has 1 saturated heterocycles. The second-order valence-corrected chi connectivity index (χ2v) is 7.59. The van der Waals surface area contributed by atoms with Crippen molar-refractivity contribution >= 4 is 23.7 Å². The number of carbonyl (C=O) groups excluding carboxylic acids is 2. The normalized spacial score (nSPS) is 17.7. The lowest BCUT2D eigenvalue weighted by Crippen LogP contribution is -2.68. The maximum absolute atomic E-state index is 13.1. The topological polar surface area (TPSA) is 126 Å². The number of carboxylic acids is 1. The largest absolute Gasteiger partial charge is 0.480 e. The number of carbonyl (C=O) groups is 3. The van der Waals surface area contributed by atoms with Gasteiger partial charge in [0.2, 0.25) is 5.91 Å². The number of nitrogens with one attached hydrogen (secondary N) is 1. The van der Waals surface area contributed by atoms with Gasteiger partial charge >= 0.3 is 12.0 Å². The number of nitrogen functional groups attached to an aromatic ring is 1. The van der Waals surface area contributed by atoms with Crippen LogP contribution in [0, 0.1) is 5.92 Å². The third-order valence-corrected chi connectivity index (χ3v) is 5.52. The summed E-state index contributed by atoms with van der Waals surface area (Å²) in [5.74, 6) is -2.34. The zero-order valence-corrected chi connectivity index (χ0v) is 17.1. The summed E-state index contributed by atoms with van der Waals surface area (Å²) >= 11 is 0. The molecule has 0 unspecified atom stereocenters. The molecule has 8 nitrogen and oxygen atoms in total. The number of rotatable bonds is 6. The fraction of sp³-hybridized carbons (Fsp3) is 0.167. The standard InChI is InChI=1S/C24H22N4O4/c25-19-14-15(11-12-26-19)13-18-21(23(30)31)28(22(18)29)24(32)27-20(16-7-3-1-4-8-16)17-9-5-2-6-10-17/h1-12,14,18,20-21H,13H2,(H2,25,26)(H,27,32)(H,30,31)/t18-,21+/m1/s1. The molecule has 0 saturated carbocycles. The van der Waals surface area contributed by atoms with Gasteiger partial charge in [0.15, 0.2) is 6.04 Å². The molecule has 1 aliphatic rings. The van der Waals surface area contributed by atoms with Gasteiger partial charge in [-0.25, -0.2) is 19.5 Å². The monoisotopic (exact) mass is 430 g/mol. The first-order valence-electron chi connectivity index (χ1n) is 10.1. The van der Waals surface area contributed by atoms with Crippen LogP contribution in [-0.4, -0.2) is 38.9 Å². The van der Waals surface area contributed by atoms with Crippen molar-refractivity contribution in [1.29, 1.82) is 0 Å². The van der Waals surface area contributed by atoms with Crippen LogP contribution in [0.25, 0.3) is 0 Å². The summed E-state index contributed by atoms with van der Waals surface area (Å²) < 4.78 is 0. The van der Waals surface area contributed by atoms with Gasteiger partial charge in [-0.15, -0.1) is 0 Å². The SMILES string of the molecule is Nc1cc(C[C@H]2C(=O)N(C(=O)NC(c3ccccc3)c3ccccc3)[C@@H]2C(=O)O)ccn1. The number of hydrogen-bond donors (Lipinski definition) is 3. The van der Waals surface area contributed by atoms with Crippen molar-refractivity contribution in [1.82, 2.24) is 15.2 Å². The zero-order chi connectivity index (χ0) is 22.7. The molecular formula is C24H22N4O4. The number of aliphatic carboxylic acids is 1. The van der Waals surface area contributed by atoms with Gasteiger partial charge in [-0.3, -0.25) is 4.79 Å². The molecular weight excluding hydrogens is 408 g/mol. The number of imide groups is 1. The maximum Gasteiger partial charge on any atom is 0.327 e. The van der Waals surface area contributed by atoms with Crippen LogP contribution in [0.3, 0.4) is 0 Å². The van der Waals surface area contributed by atoms with Crippen LogP contribution in [-0.2, 0) is 16.0 Å². The first-order valence-corrected chi connectivity index (χ1v) is 10.1. The van der Waals surface area contributed by atoms with Gasteiger partial charge in [-0.05, 0) is 35.2 Å². The van der Waals surface area contributed by atoms with Crippen molar-refractivity contribution in [2.24, 2.45) is 5.92 Å². The average Bonchev–Trinajstić information content (AvgIpc) is 2.80. The van der Waals surface area contributed by atoms with Gasteiger partial charge in [0.1, 0.15) is 5.82 Å². The van der Waals surface area contributed by atoms with E-state index in [2.05, 4.69) is 10.3 Å². The van der Waals surface area contributed by atoms with E-state index in [9.17, 15) is 19.5 Å². The number of urea groups is 1. The average molecular weight is 430 g/mol. The van der Waals surface area contributed by atoms with E-state index in [0.717, 1.165) is 16.0 Å². The Balaban J connectivity index is 1.56. The molecule has 0 radical (unpaired) electrons. The van der Waals surface area contributed by atoms with Crippen molar-refractivity contribution in [3.8, 4) is 0 Å². The second-order valence-electron chi connectivity index (χ2n) is 7.59. The third kappa shape index (κ3) is 4.15. The molecule has 32 heavy (non-hydrogen) atoms. The van der Waals surface area contributed by atoms with Crippen LogP contribution >= 0.6 is 0 Å². The molecule has 0 aliphatic carbocycles. The van der Waals surface area contributed by atoms with Crippen LogP contribution < -0.4 is 11.1 Å². The number of hydrogen-bond acceptors (Lipinski definition) is 5. The van der Waals surface area contributed by atoms with Gasteiger partial charge in [0.05, 0.1) is 12.0 Å². The lowest BCUT2D eigenvalue weighted by atomic mass is 9.82. The van der Waals surface area contributed by atoms with E-state index in [1.807, 2.05) is 60.7 Å². The Hall–Kier alpha value is -4.20. The van der Waals surface area contributed by atoms with Crippen LogP contribution in [0.5, 0.6) is 0 Å². The minimum absolute atomic E-state index is 0.160. The summed E-state index contributed by atoms with van der Waals surface area (Å²) in [7, 11) is 0. The molecule has 4 rings (SSSR count). The second kappa shape index (κ2) is 8.89. The summed E-state index contributed by atoms with van der Waals surface area (Å²) in [6.07, 6.45) is 1.66. The molecule has 4 N–H and O–H groups in total. The Morgan fingerprint density at radius 2 is 1.62 bits per heavy atom. The summed E-state index contributed by atoms with van der Waals surface area (Å²) in [5, 5.41) is 12.6. The van der Waals surface area contributed by atoms with E-state index in [0.29, 0.717) is 5.56 Å². The molecule has 1 aliphatic heterocycles. The Kier molecular flexibility index (Phi) is 5.85. The minimum atomic E-state index is -1.26. The van der Waals surface area contributed by atoms with Crippen LogP contribution in [0.1, 0.15) is 22.7 Å². The molecule has 3 amide bonds. The summed E-state index contributed by atoms with van der Waals surface area (Å²) in [5.41, 5.74) is 8.00. The molecule has 8 heteroatoms. The number of benzene rings is 2. The van der Waals surface area contributed by atoms with E-state index in [1.165, 1.54) is 6.20 Å². The molecule has 0 bridgehead atoms. The zero-order valence-electron chi connectivity index (χ0n) is 17.1. The fourth-order valence-corrected chi connectivity index (χ4v) is 3.97. The number of nitrogens with zero attached hydrogens (tertiary/aromatic N) is 2. The van der Waals surface area contributed by atoms with E-state index >= 15 is 0 Å². The van der Waals surface area contributed by atoms with E-state index in [4.69, 9.17) is 5.73 Å². The van der Waals surface area contributed by atoms with Gasteiger partial charge in [0, 0.05) is 6.20 Å². The van der Waals surface area contributed by atoms with Gasteiger partial charge < -0.3 is 16.2 Å². The smallest absolute Gasteiger partial charge is 0.327 e. The van der Waals surface area contributed by atoms with Crippen molar-refractivity contribution in [3.05, 3.63) is 95.7 Å². The quantitative estimate of drug-likeness (QED) is 0.516. The number of β-lactam (4-membered cyclic amide) rings is 1. The highest BCUT2D eigenvalue weighted by atomic mass is 16.4. The molecule has 3 aromatic rings. The summed E-state index contributed by atoms with van der Waals surface area (Å²) in [6.45, 7) is 0. The van der Waals surface area contributed by atoms with Gasteiger partial charge in [0.25, 0.3) is 0 Å². The predicted octanol–water partition coefficient (Wildman–Crippen LogP) is 2.62. The van der Waals surface area contributed by atoms with Crippen molar-refractivity contribution in [3.63, 3.8) is 0 Å². The molecule has 2 atom stereocenters. The minimum Gasteiger partial charge on any atom is -0.480 e. The number of anilines is 1. The van der Waals surface area contributed by atoms with E-state index in [-0.39, 0.29) is 12.2 Å². The highest BCUT2D eigenvalue weighted by Crippen LogP contribution is 2.32. The van der Waals surface area contributed by atoms with E-state index in [1.54, 1.807) is 12.1 Å². The lowest BCUT2D eigenvalue weighted by molar-refractivity contribution is -0.165. The number of likely N-dealkylation sites (tertiary alicyclic amines) is 1. The molecule has 2 aromatic carbocycles. The highest BCUT2D eigenvalue weighted by Gasteiger charge is 2.54. The number of nitrogens with two attached hydrogens (primary N) is 1. The molecule has 2 heterocycles. The Bertz CT molecular complexity index is 1100. The maximum atomic E-state index is 13.1. The molecule has 0 spiro atoms. The molecule has 162 valence electrons. The van der Waals surface area contributed by atoms with Crippen LogP contribution in [0.15, 0.2) is 79.0 Å². The molecule has 1 aromatic heterocycles. The van der Waals surface area contributed by atoms with Crippen LogP contribution in [0.4, 0.5) is 10.6 Å². The first kappa shape index (κ1) is 21.0. The highest BCUT2D eigenvalue weighted by molar-refractivity contribution is 6.07. The Morgan fingerprint density at radius 1 is 1.03 bits per heavy atom. The lowest BCUT2D eigenvalue weighted by Gasteiger charge is -2.43. The number of pyridine rings is 1. The Morgan fingerprint density at radius 3 is 2.16 bits per heavy atom. The van der Waals surface area contributed by atoms with E-state index < -0.39 is 35.9 Å². The molecule has 1 fully saturated rings. The number of aromatic nitrogens is 1. The van der Waals surface area contributed by atoms with Gasteiger partial charge in [-0.1, -0.05) is 60.7 Å².